The van der Waals surface area contributed by atoms with Crippen LogP contribution in [0, 0.1) is 0 Å². The van der Waals surface area contributed by atoms with Crippen LogP contribution in [0.2, 0.25) is 0 Å². The molecule has 0 saturated carbocycles. The minimum atomic E-state index is -3.53. The lowest BCUT2D eigenvalue weighted by Crippen LogP contribution is -2.34. The van der Waals surface area contributed by atoms with Crippen molar-refractivity contribution in [3.63, 3.8) is 0 Å². The molecule has 0 atom stereocenters. The number of benzene rings is 1. The van der Waals surface area contributed by atoms with Crippen LogP contribution in [0.25, 0.3) is 0 Å². The van der Waals surface area contributed by atoms with Gasteiger partial charge in [0.1, 0.15) is 0 Å². The van der Waals surface area contributed by atoms with E-state index in [4.69, 9.17) is 10.8 Å². The van der Waals surface area contributed by atoms with Crippen molar-refractivity contribution in [2.24, 2.45) is 0 Å². The number of sulfonamides is 1. The number of nitrogens with two attached hydrogens (primary N) is 1. The van der Waals surface area contributed by atoms with Crippen LogP contribution in [0.15, 0.2) is 29.2 Å². The molecule has 0 spiro atoms. The molecule has 0 saturated heterocycles. The normalized spacial score (nSPS) is 11.9. The molecular weight excluding hydrogens is 252 g/mol. The largest absolute Gasteiger partial charge is 0.399 e. The summed E-state index contributed by atoms with van der Waals surface area (Å²) >= 11 is 0. The van der Waals surface area contributed by atoms with Gasteiger partial charge < -0.3 is 10.8 Å². The van der Waals surface area contributed by atoms with Gasteiger partial charge in [-0.3, -0.25) is 0 Å². The van der Waals surface area contributed by atoms with Gasteiger partial charge >= 0.3 is 0 Å². The molecule has 1 aromatic rings. The van der Waals surface area contributed by atoms with Crippen molar-refractivity contribution < 1.29 is 13.5 Å². The maximum absolute atomic E-state index is 12.3. The first-order valence-electron chi connectivity index (χ1n) is 5.99. The molecule has 0 unspecified atom stereocenters. The first-order valence-corrected chi connectivity index (χ1v) is 7.43. The molecule has 3 N–H and O–H groups in total. The molecular formula is C12H20N2O3S. The van der Waals surface area contributed by atoms with Crippen molar-refractivity contribution in [1.29, 1.82) is 0 Å². The second kappa shape index (κ2) is 6.72. The lowest BCUT2D eigenvalue weighted by atomic mass is 10.3. The molecule has 6 heteroatoms. The van der Waals surface area contributed by atoms with Crippen LogP contribution in [0.1, 0.15) is 19.8 Å². The minimum Gasteiger partial charge on any atom is -0.399 e. The molecule has 0 bridgehead atoms. The fraction of sp³-hybridized carbons (Fsp3) is 0.500. The molecule has 0 radical (unpaired) electrons. The second-order valence-corrected chi connectivity index (χ2v) is 5.99. The third kappa shape index (κ3) is 3.69. The summed E-state index contributed by atoms with van der Waals surface area (Å²) in [6, 6.07) is 6.09. The van der Waals surface area contributed by atoms with E-state index in [-0.39, 0.29) is 18.0 Å². The summed E-state index contributed by atoms with van der Waals surface area (Å²) in [7, 11) is -3.53. The van der Waals surface area contributed by atoms with Crippen LogP contribution in [-0.2, 0) is 10.0 Å². The number of nitrogens with zero attached hydrogens (tertiary/aromatic N) is 1. The van der Waals surface area contributed by atoms with Gasteiger partial charge in [0.05, 0.1) is 11.5 Å². The summed E-state index contributed by atoms with van der Waals surface area (Å²) in [6.45, 7) is 2.35. The molecule has 0 amide bonds. The zero-order valence-electron chi connectivity index (χ0n) is 10.5. The Morgan fingerprint density at radius 3 is 2.33 bits per heavy atom. The Balaban J connectivity index is 2.96. The zero-order chi connectivity index (χ0) is 13.6. The number of unbranched alkanes of at least 4 members (excludes halogenated alkanes) is 1. The maximum Gasteiger partial charge on any atom is 0.243 e. The molecule has 102 valence electrons. The lowest BCUT2D eigenvalue weighted by molar-refractivity contribution is 0.252. The smallest absolute Gasteiger partial charge is 0.243 e. The highest BCUT2D eigenvalue weighted by Gasteiger charge is 2.23. The van der Waals surface area contributed by atoms with Crippen molar-refractivity contribution in [1.82, 2.24) is 4.31 Å². The van der Waals surface area contributed by atoms with E-state index >= 15 is 0 Å². The number of aliphatic hydroxyl groups excluding tert-OH is 1. The van der Waals surface area contributed by atoms with E-state index in [0.29, 0.717) is 12.2 Å². The minimum absolute atomic E-state index is 0.118. The van der Waals surface area contributed by atoms with Gasteiger partial charge in [0.2, 0.25) is 10.0 Å². The highest BCUT2D eigenvalue weighted by Crippen LogP contribution is 2.17. The molecule has 1 rings (SSSR count). The molecule has 0 aromatic heterocycles. The van der Waals surface area contributed by atoms with Gasteiger partial charge in [-0.2, -0.15) is 4.31 Å². The fourth-order valence-electron chi connectivity index (χ4n) is 1.59. The van der Waals surface area contributed by atoms with Crippen molar-refractivity contribution in [3.8, 4) is 0 Å². The van der Waals surface area contributed by atoms with Gasteiger partial charge in [-0.05, 0) is 30.7 Å². The summed E-state index contributed by atoms with van der Waals surface area (Å²) in [5.41, 5.74) is 6.06. The molecule has 0 aliphatic carbocycles. The molecule has 0 heterocycles. The van der Waals surface area contributed by atoms with E-state index in [2.05, 4.69) is 0 Å². The third-order valence-corrected chi connectivity index (χ3v) is 4.54. The summed E-state index contributed by atoms with van der Waals surface area (Å²) < 4.78 is 25.9. The van der Waals surface area contributed by atoms with Gasteiger partial charge in [-0.25, -0.2) is 8.42 Å². The predicted octanol–water partition coefficient (Wildman–Crippen LogP) is 1.05. The molecule has 18 heavy (non-hydrogen) atoms. The monoisotopic (exact) mass is 272 g/mol. The molecule has 5 nitrogen and oxygen atoms in total. The number of rotatable bonds is 7. The van der Waals surface area contributed by atoms with E-state index in [9.17, 15) is 8.42 Å². The molecule has 0 aliphatic rings. The predicted molar refractivity (Wildman–Crippen MR) is 71.6 cm³/mol. The summed E-state index contributed by atoms with van der Waals surface area (Å²) in [5, 5.41) is 8.96. The Morgan fingerprint density at radius 1 is 1.22 bits per heavy atom. The van der Waals surface area contributed by atoms with Gasteiger partial charge in [-0.1, -0.05) is 13.3 Å². The van der Waals surface area contributed by atoms with E-state index in [1.54, 1.807) is 12.1 Å². The number of hydrogen-bond acceptors (Lipinski definition) is 4. The first kappa shape index (κ1) is 14.9. The van der Waals surface area contributed by atoms with Gasteiger partial charge in [0, 0.05) is 18.8 Å². The number of anilines is 1. The lowest BCUT2D eigenvalue weighted by Gasteiger charge is -2.21. The van der Waals surface area contributed by atoms with Gasteiger partial charge in [-0.15, -0.1) is 0 Å². The first-order chi connectivity index (χ1) is 8.52. The number of hydrogen-bond donors (Lipinski definition) is 2. The Morgan fingerprint density at radius 2 is 1.83 bits per heavy atom. The molecule has 0 aliphatic heterocycles. The second-order valence-electron chi connectivity index (χ2n) is 4.05. The average molecular weight is 272 g/mol. The van der Waals surface area contributed by atoms with Crippen LogP contribution < -0.4 is 5.73 Å². The molecule has 1 aromatic carbocycles. The van der Waals surface area contributed by atoms with Crippen molar-refractivity contribution in [2.75, 3.05) is 25.4 Å². The average Bonchev–Trinajstić information content (AvgIpc) is 2.35. The van der Waals surface area contributed by atoms with Crippen molar-refractivity contribution in [2.45, 2.75) is 24.7 Å². The third-order valence-electron chi connectivity index (χ3n) is 2.63. The summed E-state index contributed by atoms with van der Waals surface area (Å²) in [5.74, 6) is 0. The summed E-state index contributed by atoms with van der Waals surface area (Å²) in [6.07, 6.45) is 1.67. The van der Waals surface area contributed by atoms with Crippen molar-refractivity contribution >= 4 is 15.7 Å². The van der Waals surface area contributed by atoms with Crippen LogP contribution in [0.3, 0.4) is 0 Å². The zero-order valence-corrected chi connectivity index (χ0v) is 11.4. The SMILES string of the molecule is CCCCN(CCO)S(=O)(=O)c1ccc(N)cc1. The van der Waals surface area contributed by atoms with Crippen LogP contribution >= 0.6 is 0 Å². The van der Waals surface area contributed by atoms with Crippen LogP contribution in [0.4, 0.5) is 5.69 Å². The van der Waals surface area contributed by atoms with Crippen molar-refractivity contribution in [3.05, 3.63) is 24.3 Å². The quantitative estimate of drug-likeness (QED) is 0.727. The molecule has 0 fully saturated rings. The van der Waals surface area contributed by atoms with Gasteiger partial charge in [0.15, 0.2) is 0 Å². The Bertz CT molecular complexity index is 457. The summed E-state index contributed by atoms with van der Waals surface area (Å²) in [4.78, 5) is 0.209. The number of aliphatic hydroxyl groups is 1. The highest BCUT2D eigenvalue weighted by atomic mass is 32.2. The Kier molecular flexibility index (Phi) is 5.58. The van der Waals surface area contributed by atoms with E-state index in [1.165, 1.54) is 16.4 Å². The van der Waals surface area contributed by atoms with E-state index in [1.807, 2.05) is 6.92 Å². The number of nitrogen functional groups attached to an aromatic ring is 1. The van der Waals surface area contributed by atoms with Crippen LogP contribution in [-0.4, -0.2) is 37.5 Å². The van der Waals surface area contributed by atoms with E-state index in [0.717, 1.165) is 12.8 Å². The Hall–Kier alpha value is -1.11. The fourth-order valence-corrected chi connectivity index (χ4v) is 3.06. The maximum atomic E-state index is 12.3. The Labute approximate surface area is 108 Å². The van der Waals surface area contributed by atoms with Gasteiger partial charge in [0.25, 0.3) is 0 Å². The van der Waals surface area contributed by atoms with Crippen LogP contribution in [0.5, 0.6) is 0 Å². The topological polar surface area (TPSA) is 83.6 Å². The highest BCUT2D eigenvalue weighted by molar-refractivity contribution is 7.89. The standard InChI is InChI=1S/C12H20N2O3S/c1-2-3-8-14(9-10-15)18(16,17)12-6-4-11(13)5-7-12/h4-7,15H,2-3,8-10,13H2,1H3. The van der Waals surface area contributed by atoms with E-state index < -0.39 is 10.0 Å².